The first-order valence-corrected chi connectivity index (χ1v) is 8.05. The van der Waals surface area contributed by atoms with Crippen LogP contribution in [0.15, 0.2) is 30.3 Å². The van der Waals surface area contributed by atoms with Crippen molar-refractivity contribution < 1.29 is 9.84 Å². The zero-order chi connectivity index (χ0) is 15.6. The Morgan fingerprint density at radius 2 is 1.95 bits per heavy atom. The van der Waals surface area contributed by atoms with Crippen LogP contribution in [0.1, 0.15) is 44.0 Å². The van der Waals surface area contributed by atoms with Gasteiger partial charge in [-0.1, -0.05) is 43.2 Å². The summed E-state index contributed by atoms with van der Waals surface area (Å²) in [5, 5.41) is 17.6. The Morgan fingerprint density at radius 3 is 2.68 bits per heavy atom. The Labute approximate surface area is 131 Å². The highest BCUT2D eigenvalue weighted by atomic mass is 16.5. The Morgan fingerprint density at radius 1 is 1.14 bits per heavy atom. The second-order valence-corrected chi connectivity index (χ2v) is 5.34. The van der Waals surface area contributed by atoms with E-state index in [2.05, 4.69) is 17.2 Å². The zero-order valence-corrected chi connectivity index (χ0v) is 13.2. The van der Waals surface area contributed by atoms with Crippen molar-refractivity contribution in [3.8, 4) is 5.75 Å². The number of unbranched alkanes of at least 4 members (excludes halogenated alkanes) is 2. The van der Waals surface area contributed by atoms with Crippen LogP contribution in [-0.2, 0) is 19.6 Å². The SMILES string of the molecule is CCCCCn1nnc(CO)c1CCCOc1ccccc1. The number of aliphatic hydroxyl groups excluding tert-OH is 1. The Hall–Kier alpha value is -1.88. The van der Waals surface area contributed by atoms with Crippen molar-refractivity contribution in [2.45, 2.75) is 52.2 Å². The van der Waals surface area contributed by atoms with Gasteiger partial charge in [0.1, 0.15) is 11.4 Å². The molecule has 2 rings (SSSR count). The lowest BCUT2D eigenvalue weighted by Gasteiger charge is -2.08. The quantitative estimate of drug-likeness (QED) is 0.686. The molecule has 1 aromatic carbocycles. The number of hydrogen-bond acceptors (Lipinski definition) is 4. The van der Waals surface area contributed by atoms with E-state index in [1.165, 1.54) is 12.8 Å². The number of aromatic nitrogens is 3. The molecular weight excluding hydrogens is 278 g/mol. The summed E-state index contributed by atoms with van der Waals surface area (Å²) in [5.74, 6) is 0.888. The lowest BCUT2D eigenvalue weighted by Crippen LogP contribution is -2.09. The topological polar surface area (TPSA) is 60.2 Å². The monoisotopic (exact) mass is 303 g/mol. The first-order valence-electron chi connectivity index (χ1n) is 8.05. The molecule has 5 heteroatoms. The zero-order valence-electron chi connectivity index (χ0n) is 13.2. The van der Waals surface area contributed by atoms with E-state index in [4.69, 9.17) is 4.74 Å². The van der Waals surface area contributed by atoms with E-state index in [9.17, 15) is 5.11 Å². The molecular formula is C17H25N3O2. The lowest BCUT2D eigenvalue weighted by atomic mass is 10.2. The van der Waals surface area contributed by atoms with Gasteiger partial charge in [0.05, 0.1) is 18.9 Å². The summed E-state index contributed by atoms with van der Waals surface area (Å²) in [7, 11) is 0. The van der Waals surface area contributed by atoms with Gasteiger partial charge in [0.2, 0.25) is 0 Å². The van der Waals surface area contributed by atoms with E-state index in [-0.39, 0.29) is 6.61 Å². The van der Waals surface area contributed by atoms with Gasteiger partial charge in [0.25, 0.3) is 0 Å². The lowest BCUT2D eigenvalue weighted by molar-refractivity contribution is 0.274. The summed E-state index contributed by atoms with van der Waals surface area (Å²) >= 11 is 0. The van der Waals surface area contributed by atoms with Crippen LogP contribution < -0.4 is 4.74 Å². The molecule has 0 amide bonds. The summed E-state index contributed by atoms with van der Waals surface area (Å²) in [4.78, 5) is 0. The molecule has 0 spiro atoms. The number of hydrogen-bond donors (Lipinski definition) is 1. The fraction of sp³-hybridized carbons (Fsp3) is 0.529. The van der Waals surface area contributed by atoms with Gasteiger partial charge < -0.3 is 9.84 Å². The molecule has 5 nitrogen and oxygen atoms in total. The average molecular weight is 303 g/mol. The Balaban J connectivity index is 1.83. The normalized spacial score (nSPS) is 10.8. The molecule has 0 bridgehead atoms. The predicted octanol–water partition coefficient (Wildman–Crippen LogP) is 2.97. The van der Waals surface area contributed by atoms with Crippen LogP contribution in [0.5, 0.6) is 5.75 Å². The minimum absolute atomic E-state index is 0.0529. The van der Waals surface area contributed by atoms with Crippen molar-refractivity contribution in [2.75, 3.05) is 6.61 Å². The maximum atomic E-state index is 9.39. The van der Waals surface area contributed by atoms with Crippen molar-refractivity contribution in [1.29, 1.82) is 0 Å². The molecule has 0 fully saturated rings. The number of nitrogens with zero attached hydrogens (tertiary/aromatic N) is 3. The summed E-state index contributed by atoms with van der Waals surface area (Å²) < 4.78 is 7.64. The maximum absolute atomic E-state index is 9.39. The summed E-state index contributed by atoms with van der Waals surface area (Å²) in [6, 6.07) is 9.81. The molecule has 0 radical (unpaired) electrons. The molecule has 1 N–H and O–H groups in total. The van der Waals surface area contributed by atoms with E-state index in [1.807, 2.05) is 35.0 Å². The van der Waals surface area contributed by atoms with Crippen LogP contribution in [0.2, 0.25) is 0 Å². The van der Waals surface area contributed by atoms with Crippen molar-refractivity contribution >= 4 is 0 Å². The molecule has 0 unspecified atom stereocenters. The van der Waals surface area contributed by atoms with E-state index in [1.54, 1.807) is 0 Å². The van der Waals surface area contributed by atoms with Crippen LogP contribution in [0.25, 0.3) is 0 Å². The second-order valence-electron chi connectivity index (χ2n) is 5.34. The number of rotatable bonds is 10. The van der Waals surface area contributed by atoms with Crippen LogP contribution in [-0.4, -0.2) is 26.7 Å². The van der Waals surface area contributed by atoms with Gasteiger partial charge in [0.15, 0.2) is 0 Å². The highest BCUT2D eigenvalue weighted by Gasteiger charge is 2.11. The molecule has 0 aliphatic heterocycles. The van der Waals surface area contributed by atoms with E-state index in [0.29, 0.717) is 12.3 Å². The molecule has 1 heterocycles. The first kappa shape index (κ1) is 16.5. The molecule has 0 aliphatic carbocycles. The molecule has 2 aromatic rings. The van der Waals surface area contributed by atoms with Crippen molar-refractivity contribution in [2.24, 2.45) is 0 Å². The Bertz CT molecular complexity index is 540. The van der Waals surface area contributed by atoms with Gasteiger partial charge in [-0.3, -0.25) is 0 Å². The number of aryl methyl sites for hydroxylation is 1. The van der Waals surface area contributed by atoms with Crippen molar-refractivity contribution in [3.63, 3.8) is 0 Å². The predicted molar refractivity (Wildman–Crippen MR) is 85.7 cm³/mol. The number of para-hydroxylation sites is 1. The third-order valence-corrected chi connectivity index (χ3v) is 3.61. The van der Waals surface area contributed by atoms with Gasteiger partial charge in [0, 0.05) is 6.54 Å². The van der Waals surface area contributed by atoms with E-state index >= 15 is 0 Å². The van der Waals surface area contributed by atoms with Crippen LogP contribution in [0.4, 0.5) is 0 Å². The average Bonchev–Trinajstić information content (AvgIpc) is 2.95. The third-order valence-electron chi connectivity index (χ3n) is 3.61. The van der Waals surface area contributed by atoms with Crippen LogP contribution >= 0.6 is 0 Å². The van der Waals surface area contributed by atoms with Gasteiger partial charge in [-0.25, -0.2) is 4.68 Å². The van der Waals surface area contributed by atoms with Crippen molar-refractivity contribution in [3.05, 3.63) is 41.7 Å². The highest BCUT2D eigenvalue weighted by molar-refractivity contribution is 5.20. The molecule has 120 valence electrons. The molecule has 0 saturated carbocycles. The second kappa shape index (κ2) is 9.20. The number of aliphatic hydroxyl groups is 1. The smallest absolute Gasteiger partial charge is 0.119 e. The van der Waals surface area contributed by atoms with Gasteiger partial charge >= 0.3 is 0 Å². The summed E-state index contributed by atoms with van der Waals surface area (Å²) in [6.07, 6.45) is 5.16. The summed E-state index contributed by atoms with van der Waals surface area (Å²) in [6.45, 7) is 3.65. The molecule has 0 aliphatic rings. The van der Waals surface area contributed by atoms with Gasteiger partial charge in [-0.2, -0.15) is 0 Å². The number of ether oxygens (including phenoxy) is 1. The largest absolute Gasteiger partial charge is 0.494 e. The molecule has 22 heavy (non-hydrogen) atoms. The van der Waals surface area contributed by atoms with E-state index < -0.39 is 0 Å². The van der Waals surface area contributed by atoms with Crippen LogP contribution in [0, 0.1) is 0 Å². The van der Waals surface area contributed by atoms with Crippen LogP contribution in [0.3, 0.4) is 0 Å². The first-order chi connectivity index (χ1) is 10.8. The van der Waals surface area contributed by atoms with Gasteiger partial charge in [-0.15, -0.1) is 5.10 Å². The highest BCUT2D eigenvalue weighted by Crippen LogP contribution is 2.12. The molecule has 0 atom stereocenters. The standard InChI is InChI=1S/C17H25N3O2/c1-2-3-7-12-20-17(16(14-21)18-19-20)11-8-13-22-15-9-5-4-6-10-15/h4-6,9-10,21H,2-3,7-8,11-14H2,1H3. The molecule has 0 saturated heterocycles. The fourth-order valence-electron chi connectivity index (χ4n) is 2.40. The van der Waals surface area contributed by atoms with Gasteiger partial charge in [-0.05, 0) is 31.4 Å². The molecule has 1 aromatic heterocycles. The minimum atomic E-state index is -0.0529. The fourth-order valence-corrected chi connectivity index (χ4v) is 2.40. The number of benzene rings is 1. The van der Waals surface area contributed by atoms with E-state index in [0.717, 1.165) is 37.3 Å². The summed E-state index contributed by atoms with van der Waals surface area (Å²) in [5.41, 5.74) is 1.73. The minimum Gasteiger partial charge on any atom is -0.494 e. The Kier molecular flexibility index (Phi) is 6.90. The third kappa shape index (κ3) is 4.84. The maximum Gasteiger partial charge on any atom is 0.119 e. The van der Waals surface area contributed by atoms with Crippen molar-refractivity contribution in [1.82, 2.24) is 15.0 Å².